The van der Waals surface area contributed by atoms with Crippen molar-refractivity contribution in [1.82, 2.24) is 9.55 Å². The molecule has 1 saturated heterocycles. The van der Waals surface area contributed by atoms with Gasteiger partial charge in [0.15, 0.2) is 0 Å². The van der Waals surface area contributed by atoms with Gasteiger partial charge < -0.3 is 9.30 Å². The van der Waals surface area contributed by atoms with Gasteiger partial charge in [-0.25, -0.2) is 4.98 Å². The SMILES string of the molecule is Cc1cc2ncn(C3CCCCO3)c2cc1C. The van der Waals surface area contributed by atoms with Crippen molar-refractivity contribution < 1.29 is 4.74 Å². The lowest BCUT2D eigenvalue weighted by Gasteiger charge is -2.24. The molecular weight excluding hydrogens is 212 g/mol. The summed E-state index contributed by atoms with van der Waals surface area (Å²) in [6.45, 7) is 5.15. The van der Waals surface area contributed by atoms with Gasteiger partial charge in [0.2, 0.25) is 0 Å². The van der Waals surface area contributed by atoms with E-state index in [2.05, 4.69) is 35.5 Å². The standard InChI is InChI=1S/C14H18N2O/c1-10-7-12-13(8-11(10)2)16(9-15-12)14-5-3-4-6-17-14/h7-9,14H,3-6H2,1-2H3. The van der Waals surface area contributed by atoms with Gasteiger partial charge in [0.05, 0.1) is 17.4 Å². The van der Waals surface area contributed by atoms with Crippen LogP contribution in [-0.2, 0) is 4.74 Å². The quantitative estimate of drug-likeness (QED) is 0.751. The molecule has 2 aromatic rings. The molecule has 1 aliphatic heterocycles. The van der Waals surface area contributed by atoms with E-state index in [0.29, 0.717) is 0 Å². The Hall–Kier alpha value is -1.35. The van der Waals surface area contributed by atoms with Crippen LogP contribution in [0.4, 0.5) is 0 Å². The number of aryl methyl sites for hydroxylation is 2. The Morgan fingerprint density at radius 2 is 2.06 bits per heavy atom. The summed E-state index contributed by atoms with van der Waals surface area (Å²) < 4.78 is 8.00. The van der Waals surface area contributed by atoms with Gasteiger partial charge in [-0.2, -0.15) is 0 Å². The molecule has 2 heterocycles. The Bertz CT molecular complexity index is 538. The summed E-state index contributed by atoms with van der Waals surface area (Å²) in [6.07, 6.45) is 5.62. The molecule has 0 N–H and O–H groups in total. The first kappa shape index (κ1) is 10.8. The summed E-state index contributed by atoms with van der Waals surface area (Å²) in [4.78, 5) is 4.48. The van der Waals surface area contributed by atoms with Crippen molar-refractivity contribution in [3.05, 3.63) is 29.6 Å². The number of fused-ring (bicyclic) bond motifs is 1. The van der Waals surface area contributed by atoms with Gasteiger partial charge in [-0.3, -0.25) is 0 Å². The monoisotopic (exact) mass is 230 g/mol. The average molecular weight is 230 g/mol. The number of ether oxygens (including phenoxy) is 1. The topological polar surface area (TPSA) is 27.1 Å². The second-order valence-electron chi connectivity index (χ2n) is 4.90. The van der Waals surface area contributed by atoms with Gasteiger partial charge >= 0.3 is 0 Å². The smallest absolute Gasteiger partial charge is 0.135 e. The van der Waals surface area contributed by atoms with E-state index in [1.54, 1.807) is 0 Å². The van der Waals surface area contributed by atoms with E-state index in [4.69, 9.17) is 4.74 Å². The van der Waals surface area contributed by atoms with Crippen molar-refractivity contribution in [3.8, 4) is 0 Å². The molecule has 1 unspecified atom stereocenters. The van der Waals surface area contributed by atoms with E-state index in [-0.39, 0.29) is 6.23 Å². The predicted molar refractivity (Wildman–Crippen MR) is 68.0 cm³/mol. The first-order chi connectivity index (χ1) is 8.25. The lowest BCUT2D eigenvalue weighted by atomic mass is 10.1. The van der Waals surface area contributed by atoms with E-state index in [9.17, 15) is 0 Å². The fourth-order valence-electron chi connectivity index (χ4n) is 2.46. The molecule has 17 heavy (non-hydrogen) atoms. The Kier molecular flexibility index (Phi) is 2.63. The van der Waals surface area contributed by atoms with Crippen LogP contribution in [0.2, 0.25) is 0 Å². The molecule has 0 amide bonds. The maximum atomic E-state index is 5.82. The summed E-state index contributed by atoms with van der Waals surface area (Å²) in [5.41, 5.74) is 4.88. The number of nitrogens with zero attached hydrogens (tertiary/aromatic N) is 2. The van der Waals surface area contributed by atoms with Crippen molar-refractivity contribution in [2.24, 2.45) is 0 Å². The molecule has 1 aromatic heterocycles. The number of rotatable bonds is 1. The molecule has 3 heteroatoms. The van der Waals surface area contributed by atoms with Crippen LogP contribution in [0.25, 0.3) is 11.0 Å². The van der Waals surface area contributed by atoms with Crippen molar-refractivity contribution >= 4 is 11.0 Å². The minimum atomic E-state index is 0.177. The van der Waals surface area contributed by atoms with Gasteiger partial charge in [-0.15, -0.1) is 0 Å². The molecule has 1 fully saturated rings. The molecule has 1 atom stereocenters. The van der Waals surface area contributed by atoms with Gasteiger partial charge in [-0.05, 0) is 56.4 Å². The van der Waals surface area contributed by atoms with Crippen molar-refractivity contribution in [1.29, 1.82) is 0 Å². The predicted octanol–water partition coefficient (Wildman–Crippen LogP) is 3.35. The van der Waals surface area contributed by atoms with Crippen LogP contribution in [-0.4, -0.2) is 16.2 Å². The number of hydrogen-bond acceptors (Lipinski definition) is 2. The lowest BCUT2D eigenvalue weighted by Crippen LogP contribution is -2.17. The summed E-state index contributed by atoms with van der Waals surface area (Å²) in [7, 11) is 0. The summed E-state index contributed by atoms with van der Waals surface area (Å²) in [6, 6.07) is 4.37. The molecule has 3 rings (SSSR count). The molecule has 1 aliphatic rings. The number of hydrogen-bond donors (Lipinski definition) is 0. The van der Waals surface area contributed by atoms with E-state index in [0.717, 1.165) is 18.5 Å². The fourth-order valence-corrected chi connectivity index (χ4v) is 2.46. The molecular formula is C14H18N2O. The molecule has 0 spiro atoms. The van der Waals surface area contributed by atoms with Gasteiger partial charge in [0, 0.05) is 6.61 Å². The van der Waals surface area contributed by atoms with E-state index >= 15 is 0 Å². The highest BCUT2D eigenvalue weighted by molar-refractivity contribution is 5.77. The summed E-state index contributed by atoms with van der Waals surface area (Å²) in [5, 5.41) is 0. The average Bonchev–Trinajstić information content (AvgIpc) is 2.74. The highest BCUT2D eigenvalue weighted by Crippen LogP contribution is 2.27. The zero-order chi connectivity index (χ0) is 11.8. The number of benzene rings is 1. The Labute approximate surface area is 101 Å². The first-order valence-electron chi connectivity index (χ1n) is 6.31. The summed E-state index contributed by atoms with van der Waals surface area (Å²) >= 11 is 0. The van der Waals surface area contributed by atoms with Crippen molar-refractivity contribution in [3.63, 3.8) is 0 Å². The van der Waals surface area contributed by atoms with Gasteiger partial charge in [0.1, 0.15) is 6.23 Å². The Morgan fingerprint density at radius 3 is 2.82 bits per heavy atom. The molecule has 90 valence electrons. The molecule has 0 saturated carbocycles. The highest BCUT2D eigenvalue weighted by Gasteiger charge is 2.17. The van der Waals surface area contributed by atoms with Crippen LogP contribution < -0.4 is 0 Å². The largest absolute Gasteiger partial charge is 0.358 e. The normalized spacial score (nSPS) is 20.9. The van der Waals surface area contributed by atoms with E-state index in [1.807, 2.05) is 6.33 Å². The second kappa shape index (κ2) is 4.15. The van der Waals surface area contributed by atoms with Crippen LogP contribution in [0.15, 0.2) is 18.5 Å². The highest BCUT2D eigenvalue weighted by atomic mass is 16.5. The zero-order valence-corrected chi connectivity index (χ0v) is 10.4. The van der Waals surface area contributed by atoms with Crippen LogP contribution in [0.5, 0.6) is 0 Å². The van der Waals surface area contributed by atoms with Crippen LogP contribution in [0, 0.1) is 13.8 Å². The molecule has 3 nitrogen and oxygen atoms in total. The second-order valence-corrected chi connectivity index (χ2v) is 4.90. The number of aromatic nitrogens is 2. The fraction of sp³-hybridized carbons (Fsp3) is 0.500. The minimum absolute atomic E-state index is 0.177. The van der Waals surface area contributed by atoms with Gasteiger partial charge in [0.25, 0.3) is 0 Å². The van der Waals surface area contributed by atoms with Crippen LogP contribution in [0.3, 0.4) is 0 Å². The van der Waals surface area contributed by atoms with E-state index < -0.39 is 0 Å². The Morgan fingerprint density at radius 1 is 1.24 bits per heavy atom. The van der Waals surface area contributed by atoms with Crippen molar-refractivity contribution in [2.75, 3.05) is 6.61 Å². The van der Waals surface area contributed by atoms with Crippen LogP contribution >= 0.6 is 0 Å². The number of imidazole rings is 1. The molecule has 0 bridgehead atoms. The summed E-state index contributed by atoms with van der Waals surface area (Å²) in [5.74, 6) is 0. The third-order valence-electron chi connectivity index (χ3n) is 3.66. The van der Waals surface area contributed by atoms with Crippen LogP contribution in [0.1, 0.15) is 36.6 Å². The molecule has 0 aliphatic carbocycles. The maximum absolute atomic E-state index is 5.82. The Balaban J connectivity index is 2.07. The third-order valence-corrected chi connectivity index (χ3v) is 3.66. The maximum Gasteiger partial charge on any atom is 0.135 e. The zero-order valence-electron chi connectivity index (χ0n) is 10.4. The van der Waals surface area contributed by atoms with Crippen molar-refractivity contribution in [2.45, 2.75) is 39.3 Å². The molecule has 0 radical (unpaired) electrons. The van der Waals surface area contributed by atoms with E-state index in [1.165, 1.54) is 29.5 Å². The molecule has 1 aromatic carbocycles. The first-order valence-corrected chi connectivity index (χ1v) is 6.31. The third kappa shape index (κ3) is 1.84. The minimum Gasteiger partial charge on any atom is -0.358 e. The lowest BCUT2D eigenvalue weighted by molar-refractivity contribution is -0.0295. The van der Waals surface area contributed by atoms with Gasteiger partial charge in [-0.1, -0.05) is 0 Å².